The molecule has 0 aromatic heterocycles. The minimum Gasteiger partial charge on any atom is -0.357 e. The Bertz CT molecular complexity index is 747. The zero-order chi connectivity index (χ0) is 18.9. The zero-order valence-corrected chi connectivity index (χ0v) is 18.9. The Hall–Kier alpha value is -1.67. The molecule has 2 N–H and O–H groups in total. The summed E-state index contributed by atoms with van der Waals surface area (Å²) in [7, 11) is 4.13. The van der Waals surface area contributed by atoms with Crippen LogP contribution in [0.4, 0.5) is 4.39 Å². The van der Waals surface area contributed by atoms with E-state index in [1.165, 1.54) is 11.1 Å². The lowest BCUT2D eigenvalue weighted by Crippen LogP contribution is -2.37. The van der Waals surface area contributed by atoms with Crippen molar-refractivity contribution in [1.29, 1.82) is 0 Å². The van der Waals surface area contributed by atoms with E-state index < -0.39 is 0 Å². The molecule has 2 aromatic rings. The van der Waals surface area contributed by atoms with E-state index in [1.807, 2.05) is 13.0 Å². The number of nitrogens with zero attached hydrogens (tertiary/aromatic N) is 2. The molecule has 6 heteroatoms. The SMILES string of the molecule is CCNC(=NCc1ccc(C)c(F)c1)NCc1ccccc1CN(C)C.I. The highest BCUT2D eigenvalue weighted by Gasteiger charge is 2.05. The largest absolute Gasteiger partial charge is 0.357 e. The highest BCUT2D eigenvalue weighted by molar-refractivity contribution is 14.0. The van der Waals surface area contributed by atoms with Crippen LogP contribution >= 0.6 is 24.0 Å². The molecule has 0 radical (unpaired) electrons. The number of rotatable bonds is 7. The fourth-order valence-corrected chi connectivity index (χ4v) is 2.65. The molecule has 148 valence electrons. The molecule has 0 atom stereocenters. The normalized spacial score (nSPS) is 11.3. The van der Waals surface area contributed by atoms with Crippen molar-refractivity contribution in [2.75, 3.05) is 20.6 Å². The Kier molecular flexibility index (Phi) is 10.3. The maximum Gasteiger partial charge on any atom is 0.191 e. The number of guanidine groups is 1. The van der Waals surface area contributed by atoms with Gasteiger partial charge in [-0.3, -0.25) is 0 Å². The van der Waals surface area contributed by atoms with Crippen LogP contribution < -0.4 is 10.6 Å². The fourth-order valence-electron chi connectivity index (χ4n) is 2.65. The predicted molar refractivity (Wildman–Crippen MR) is 122 cm³/mol. The van der Waals surface area contributed by atoms with Crippen LogP contribution in [0, 0.1) is 12.7 Å². The quantitative estimate of drug-likeness (QED) is 0.354. The predicted octanol–water partition coefficient (Wildman–Crippen LogP) is 4.07. The summed E-state index contributed by atoms with van der Waals surface area (Å²) in [6.07, 6.45) is 0. The van der Waals surface area contributed by atoms with Gasteiger partial charge >= 0.3 is 0 Å². The van der Waals surface area contributed by atoms with Gasteiger partial charge < -0.3 is 15.5 Å². The van der Waals surface area contributed by atoms with E-state index in [0.29, 0.717) is 18.7 Å². The molecule has 0 heterocycles. The van der Waals surface area contributed by atoms with Crippen LogP contribution in [0.2, 0.25) is 0 Å². The van der Waals surface area contributed by atoms with Crippen LogP contribution in [0.1, 0.15) is 29.2 Å². The van der Waals surface area contributed by atoms with Crippen LogP contribution in [0.25, 0.3) is 0 Å². The van der Waals surface area contributed by atoms with Crippen molar-refractivity contribution in [2.24, 2.45) is 4.99 Å². The Balaban J connectivity index is 0.00000364. The molecule has 0 spiro atoms. The summed E-state index contributed by atoms with van der Waals surface area (Å²) in [4.78, 5) is 6.73. The molecule has 0 saturated carbocycles. The maximum absolute atomic E-state index is 13.7. The number of hydrogen-bond acceptors (Lipinski definition) is 2. The first-order valence-electron chi connectivity index (χ1n) is 8.98. The van der Waals surface area contributed by atoms with Gasteiger partial charge in [0.1, 0.15) is 5.82 Å². The third kappa shape index (κ3) is 7.84. The first-order valence-corrected chi connectivity index (χ1v) is 8.98. The number of aliphatic imine (C=N–C) groups is 1. The summed E-state index contributed by atoms with van der Waals surface area (Å²) in [6.45, 7) is 6.59. The lowest BCUT2D eigenvalue weighted by molar-refractivity contribution is 0.400. The van der Waals surface area contributed by atoms with E-state index in [9.17, 15) is 4.39 Å². The molecular weight excluding hydrogens is 454 g/mol. The van der Waals surface area contributed by atoms with Gasteiger partial charge in [0.15, 0.2) is 5.96 Å². The van der Waals surface area contributed by atoms with Crippen LogP contribution in [0.3, 0.4) is 0 Å². The lowest BCUT2D eigenvalue weighted by atomic mass is 10.1. The zero-order valence-electron chi connectivity index (χ0n) is 16.6. The minimum atomic E-state index is -0.187. The minimum absolute atomic E-state index is 0. The van der Waals surface area contributed by atoms with E-state index in [2.05, 4.69) is 58.9 Å². The van der Waals surface area contributed by atoms with E-state index in [-0.39, 0.29) is 29.8 Å². The van der Waals surface area contributed by atoms with Gasteiger partial charge in [-0.2, -0.15) is 0 Å². The van der Waals surface area contributed by atoms with Gasteiger partial charge in [0.05, 0.1) is 6.54 Å². The van der Waals surface area contributed by atoms with Crippen molar-refractivity contribution in [3.05, 3.63) is 70.5 Å². The summed E-state index contributed by atoms with van der Waals surface area (Å²) in [6, 6.07) is 13.6. The molecule has 0 fully saturated rings. The number of halogens is 2. The van der Waals surface area contributed by atoms with E-state index in [1.54, 1.807) is 19.1 Å². The second-order valence-corrected chi connectivity index (χ2v) is 6.64. The first-order chi connectivity index (χ1) is 12.5. The molecule has 0 amide bonds. The van der Waals surface area contributed by atoms with Crippen LogP contribution in [0.15, 0.2) is 47.5 Å². The molecule has 4 nitrogen and oxygen atoms in total. The Morgan fingerprint density at radius 3 is 2.41 bits per heavy atom. The first kappa shape index (κ1) is 23.4. The third-order valence-electron chi connectivity index (χ3n) is 4.05. The Morgan fingerprint density at radius 2 is 1.78 bits per heavy atom. The molecular formula is C21H30FIN4. The average molecular weight is 484 g/mol. The van der Waals surface area contributed by atoms with E-state index in [0.717, 1.165) is 24.6 Å². The molecule has 0 saturated heterocycles. The molecule has 2 rings (SSSR count). The molecule has 0 aliphatic heterocycles. The van der Waals surface area contributed by atoms with Gasteiger partial charge in [0.2, 0.25) is 0 Å². The Morgan fingerprint density at radius 1 is 1.07 bits per heavy atom. The number of benzene rings is 2. The van der Waals surface area contributed by atoms with Crippen molar-refractivity contribution in [3.63, 3.8) is 0 Å². The van der Waals surface area contributed by atoms with Crippen molar-refractivity contribution < 1.29 is 4.39 Å². The summed E-state index contributed by atoms with van der Waals surface area (Å²) in [5.74, 6) is 0.543. The number of nitrogens with one attached hydrogen (secondary N) is 2. The molecule has 2 aromatic carbocycles. The van der Waals surface area contributed by atoms with Crippen LogP contribution in [-0.4, -0.2) is 31.5 Å². The second-order valence-electron chi connectivity index (χ2n) is 6.64. The number of hydrogen-bond donors (Lipinski definition) is 2. The Labute approximate surface area is 179 Å². The van der Waals surface area contributed by atoms with Gasteiger partial charge in [-0.15, -0.1) is 24.0 Å². The molecule has 0 aliphatic rings. The molecule has 27 heavy (non-hydrogen) atoms. The summed E-state index contributed by atoms with van der Waals surface area (Å²) in [5, 5.41) is 6.62. The van der Waals surface area contributed by atoms with Crippen molar-refractivity contribution in [3.8, 4) is 0 Å². The topological polar surface area (TPSA) is 39.7 Å². The maximum atomic E-state index is 13.7. The van der Waals surface area contributed by atoms with E-state index >= 15 is 0 Å². The molecule has 0 aliphatic carbocycles. The average Bonchev–Trinajstić information content (AvgIpc) is 2.61. The van der Waals surface area contributed by atoms with Gasteiger partial charge in [-0.1, -0.05) is 36.4 Å². The fraction of sp³-hybridized carbons (Fsp3) is 0.381. The molecule has 0 unspecified atom stereocenters. The second kappa shape index (κ2) is 11.9. The van der Waals surface area contributed by atoms with Crippen molar-refractivity contribution in [2.45, 2.75) is 33.5 Å². The highest BCUT2D eigenvalue weighted by Crippen LogP contribution is 2.11. The van der Waals surface area contributed by atoms with Crippen LogP contribution in [0.5, 0.6) is 0 Å². The van der Waals surface area contributed by atoms with Crippen LogP contribution in [-0.2, 0) is 19.6 Å². The lowest BCUT2D eigenvalue weighted by Gasteiger charge is -2.16. The van der Waals surface area contributed by atoms with Gasteiger partial charge in [-0.25, -0.2) is 9.38 Å². The van der Waals surface area contributed by atoms with Gasteiger partial charge in [0.25, 0.3) is 0 Å². The van der Waals surface area contributed by atoms with Crippen molar-refractivity contribution >= 4 is 29.9 Å². The number of aryl methyl sites for hydroxylation is 1. The third-order valence-corrected chi connectivity index (χ3v) is 4.05. The summed E-state index contributed by atoms with van der Waals surface area (Å²) < 4.78 is 13.7. The van der Waals surface area contributed by atoms with E-state index in [4.69, 9.17) is 0 Å². The summed E-state index contributed by atoms with van der Waals surface area (Å²) >= 11 is 0. The van der Waals surface area contributed by atoms with Gasteiger partial charge in [-0.05, 0) is 56.3 Å². The van der Waals surface area contributed by atoms with Gasteiger partial charge in [0, 0.05) is 19.6 Å². The van der Waals surface area contributed by atoms with Crippen molar-refractivity contribution in [1.82, 2.24) is 15.5 Å². The highest BCUT2D eigenvalue weighted by atomic mass is 127. The standard InChI is InChI=1S/C21H29FN4.HI/c1-5-23-21(24-13-17-11-10-16(2)20(22)12-17)25-14-18-8-6-7-9-19(18)15-26(3)4;/h6-12H,5,13-15H2,1-4H3,(H2,23,24,25);1H. The smallest absolute Gasteiger partial charge is 0.191 e. The molecule has 0 bridgehead atoms. The monoisotopic (exact) mass is 484 g/mol. The summed E-state index contributed by atoms with van der Waals surface area (Å²) in [5.41, 5.74) is 4.05.